The molecule has 2 aliphatic rings. The zero-order chi connectivity index (χ0) is 27.4. The van der Waals surface area contributed by atoms with Gasteiger partial charge in [-0.05, 0) is 84.3 Å². The van der Waals surface area contributed by atoms with Gasteiger partial charge in [0.2, 0.25) is 5.95 Å². The van der Waals surface area contributed by atoms with Gasteiger partial charge in [-0.25, -0.2) is 4.98 Å². The molecule has 0 spiro atoms. The number of aromatic amines is 1. The van der Waals surface area contributed by atoms with Crippen LogP contribution in [0.2, 0.25) is 0 Å². The van der Waals surface area contributed by atoms with Crippen molar-refractivity contribution >= 4 is 43.6 Å². The van der Waals surface area contributed by atoms with Crippen molar-refractivity contribution in [1.29, 1.82) is 0 Å². The largest absolute Gasteiger partial charge is 0.354 e. The molecule has 5 aromatic carbocycles. The zero-order valence-corrected chi connectivity index (χ0v) is 22.9. The summed E-state index contributed by atoms with van der Waals surface area (Å²) in [5.74, 6) is 1.99. The van der Waals surface area contributed by atoms with Gasteiger partial charge in [0, 0.05) is 43.7 Å². The van der Waals surface area contributed by atoms with Gasteiger partial charge >= 0.3 is 0 Å². The Morgan fingerprint density at radius 1 is 0.476 bits per heavy atom. The van der Waals surface area contributed by atoms with E-state index in [1.807, 2.05) is 36.4 Å². The Kier molecular flexibility index (Phi) is 4.34. The van der Waals surface area contributed by atoms with Crippen LogP contribution in [0.1, 0.15) is 22.3 Å². The summed E-state index contributed by atoms with van der Waals surface area (Å²) in [7, 11) is 0. The molecule has 10 rings (SSSR count). The highest BCUT2D eigenvalue weighted by Crippen LogP contribution is 2.41. The molecule has 0 fully saturated rings. The van der Waals surface area contributed by atoms with Crippen molar-refractivity contribution in [2.45, 2.75) is 25.7 Å². The second-order valence-corrected chi connectivity index (χ2v) is 11.7. The van der Waals surface area contributed by atoms with Crippen LogP contribution >= 0.6 is 0 Å². The van der Waals surface area contributed by atoms with E-state index >= 15 is 0 Å². The number of aromatic nitrogens is 5. The fraction of sp³-hybridized carbons (Fsp3) is 0.108. The maximum Gasteiger partial charge on any atom is 0.238 e. The molecular weight excluding hydrogens is 514 g/mol. The fourth-order valence-electron chi connectivity index (χ4n) is 6.91. The molecule has 0 amide bonds. The van der Waals surface area contributed by atoms with Crippen molar-refractivity contribution < 1.29 is 0 Å². The van der Waals surface area contributed by atoms with E-state index in [4.69, 9.17) is 15.0 Å². The van der Waals surface area contributed by atoms with Crippen LogP contribution in [-0.4, -0.2) is 24.5 Å². The lowest BCUT2D eigenvalue weighted by Gasteiger charge is -2.19. The van der Waals surface area contributed by atoms with Crippen LogP contribution in [0.5, 0.6) is 0 Å². The average Bonchev–Trinajstić information content (AvgIpc) is 3.52. The lowest BCUT2D eigenvalue weighted by Crippen LogP contribution is -2.09. The topological polar surface area (TPSA) is 59.4 Å². The summed E-state index contributed by atoms with van der Waals surface area (Å²) >= 11 is 0. The summed E-state index contributed by atoms with van der Waals surface area (Å²) < 4.78 is 2.27. The molecule has 0 unspecified atom stereocenters. The predicted molar refractivity (Wildman–Crippen MR) is 169 cm³/mol. The van der Waals surface area contributed by atoms with Crippen molar-refractivity contribution in [1.82, 2.24) is 24.5 Å². The predicted octanol–water partition coefficient (Wildman–Crippen LogP) is 8.13. The Bertz CT molecular complexity index is 2340. The average molecular weight is 540 g/mol. The van der Waals surface area contributed by atoms with Gasteiger partial charge < -0.3 is 4.98 Å². The van der Waals surface area contributed by atoms with Crippen molar-refractivity contribution in [3.05, 3.63) is 119 Å². The van der Waals surface area contributed by atoms with Crippen LogP contribution in [0.25, 0.3) is 72.3 Å². The number of hydrogen-bond donors (Lipinski definition) is 1. The molecule has 3 heterocycles. The van der Waals surface area contributed by atoms with E-state index in [-0.39, 0.29) is 0 Å². The molecule has 0 bridgehead atoms. The van der Waals surface area contributed by atoms with Gasteiger partial charge in [0.1, 0.15) is 0 Å². The molecule has 198 valence electrons. The monoisotopic (exact) mass is 539 g/mol. The van der Waals surface area contributed by atoms with Gasteiger partial charge in [0.15, 0.2) is 11.6 Å². The first-order chi connectivity index (χ1) is 20.8. The minimum atomic E-state index is 0.644. The molecule has 0 aliphatic heterocycles. The maximum atomic E-state index is 5.14. The lowest BCUT2D eigenvalue weighted by atomic mass is 9.87. The lowest BCUT2D eigenvalue weighted by molar-refractivity contribution is 0.842. The normalized spacial score (nSPS) is 13.8. The smallest absolute Gasteiger partial charge is 0.238 e. The van der Waals surface area contributed by atoms with E-state index in [2.05, 4.69) is 70.2 Å². The number of H-pyrrole nitrogens is 1. The Morgan fingerprint density at radius 2 is 0.976 bits per heavy atom. The Labute approximate surface area is 241 Å². The first kappa shape index (κ1) is 22.4. The van der Waals surface area contributed by atoms with Gasteiger partial charge in [-0.2, -0.15) is 9.97 Å². The van der Waals surface area contributed by atoms with E-state index in [9.17, 15) is 0 Å². The second-order valence-electron chi connectivity index (χ2n) is 11.7. The first-order valence-electron chi connectivity index (χ1n) is 14.7. The molecule has 0 atom stereocenters. The van der Waals surface area contributed by atoms with E-state index in [0.29, 0.717) is 17.6 Å². The number of aryl methyl sites for hydroxylation is 4. The van der Waals surface area contributed by atoms with Crippen LogP contribution < -0.4 is 0 Å². The molecule has 8 aromatic rings. The van der Waals surface area contributed by atoms with Gasteiger partial charge in [-0.1, -0.05) is 60.7 Å². The molecule has 5 heteroatoms. The standard InChI is InChI=1S/C37H25N5/c1-3-7-21(8-4-1)35-39-36(22-9-5-2-6-10-22)41-37(40-35)42-33-18-26-14-12-24(26)16-29(33)30-19-32-28(20-34(30)42)27-15-23-11-13-25(23)17-31(27)38-32/h1-10,15-20,38H,11-14H2. The molecule has 2 aliphatic carbocycles. The van der Waals surface area contributed by atoms with Gasteiger partial charge in [-0.3, -0.25) is 4.57 Å². The van der Waals surface area contributed by atoms with Crippen LogP contribution in [0.3, 0.4) is 0 Å². The van der Waals surface area contributed by atoms with E-state index < -0.39 is 0 Å². The van der Waals surface area contributed by atoms with E-state index in [0.717, 1.165) is 35.0 Å². The SMILES string of the molecule is c1ccc(-c2nc(-c3ccccc3)nc(-n3c4cc5c(cc4c4cc6[nH]c7cc8c(cc7c6cc43)CC8)CC5)n2)cc1. The maximum absolute atomic E-state index is 5.14. The number of nitrogens with one attached hydrogen (secondary N) is 1. The van der Waals surface area contributed by atoms with Gasteiger partial charge in [0.05, 0.1) is 11.0 Å². The third-order valence-electron chi connectivity index (χ3n) is 9.34. The zero-order valence-electron chi connectivity index (χ0n) is 22.9. The highest BCUT2D eigenvalue weighted by molar-refractivity contribution is 6.18. The molecular formula is C37H25N5. The summed E-state index contributed by atoms with van der Waals surface area (Å²) in [6.07, 6.45) is 4.60. The third-order valence-corrected chi connectivity index (χ3v) is 9.34. The number of benzene rings is 5. The highest BCUT2D eigenvalue weighted by atomic mass is 15.2. The van der Waals surface area contributed by atoms with Crippen molar-refractivity contribution in [2.24, 2.45) is 0 Å². The second kappa shape index (κ2) is 8.14. The van der Waals surface area contributed by atoms with Crippen molar-refractivity contribution in [3.8, 4) is 28.7 Å². The molecule has 0 saturated heterocycles. The molecule has 0 saturated carbocycles. The number of nitrogens with zero attached hydrogens (tertiary/aromatic N) is 4. The summed E-state index contributed by atoms with van der Waals surface area (Å²) in [4.78, 5) is 19.0. The summed E-state index contributed by atoms with van der Waals surface area (Å²) in [5, 5.41) is 5.00. The molecule has 42 heavy (non-hydrogen) atoms. The Morgan fingerprint density at radius 3 is 1.62 bits per heavy atom. The van der Waals surface area contributed by atoms with Gasteiger partial charge in [-0.15, -0.1) is 0 Å². The molecule has 0 radical (unpaired) electrons. The molecule has 1 N–H and O–H groups in total. The number of rotatable bonds is 3. The Balaban J connectivity index is 1.32. The number of hydrogen-bond acceptors (Lipinski definition) is 3. The quantitative estimate of drug-likeness (QED) is 0.247. The highest BCUT2D eigenvalue weighted by Gasteiger charge is 2.23. The minimum Gasteiger partial charge on any atom is -0.354 e. The summed E-state index contributed by atoms with van der Waals surface area (Å²) in [6.45, 7) is 0. The fourth-order valence-corrected chi connectivity index (χ4v) is 6.91. The molecule has 5 nitrogen and oxygen atoms in total. The summed E-state index contributed by atoms with van der Waals surface area (Å²) in [5.41, 5.74) is 12.4. The molecule has 3 aromatic heterocycles. The van der Waals surface area contributed by atoms with Crippen molar-refractivity contribution in [3.63, 3.8) is 0 Å². The van der Waals surface area contributed by atoms with Crippen molar-refractivity contribution in [2.75, 3.05) is 0 Å². The van der Waals surface area contributed by atoms with E-state index in [1.165, 1.54) is 67.7 Å². The third kappa shape index (κ3) is 3.10. The first-order valence-corrected chi connectivity index (χ1v) is 14.7. The van der Waals surface area contributed by atoms with Crippen LogP contribution in [0, 0.1) is 0 Å². The number of fused-ring (bicyclic) bond motifs is 8. The van der Waals surface area contributed by atoms with Crippen LogP contribution in [0.4, 0.5) is 0 Å². The van der Waals surface area contributed by atoms with E-state index in [1.54, 1.807) is 0 Å². The minimum absolute atomic E-state index is 0.644. The Hall–Kier alpha value is -5.29. The van der Waals surface area contributed by atoms with Gasteiger partial charge in [0.25, 0.3) is 0 Å². The van der Waals surface area contributed by atoms with Crippen LogP contribution in [0.15, 0.2) is 97.1 Å². The summed E-state index contributed by atoms with van der Waals surface area (Å²) in [6, 6.07) is 34.6. The van der Waals surface area contributed by atoms with Crippen LogP contribution in [-0.2, 0) is 25.7 Å².